The van der Waals surface area contributed by atoms with Crippen LogP contribution in [0, 0.1) is 5.92 Å². The van der Waals surface area contributed by atoms with E-state index in [9.17, 15) is 0 Å². The topological polar surface area (TPSA) is 41.0 Å². The van der Waals surface area contributed by atoms with E-state index in [0.717, 1.165) is 6.54 Å². The maximum absolute atomic E-state index is 5.73. The summed E-state index contributed by atoms with van der Waals surface area (Å²) in [6, 6.07) is 0.330. The minimum absolute atomic E-state index is 0.330. The van der Waals surface area contributed by atoms with Crippen LogP contribution in [0.2, 0.25) is 5.02 Å². The number of hydrogen-bond acceptors (Lipinski definition) is 4. The Morgan fingerprint density at radius 3 is 2.31 bits per heavy atom. The van der Waals surface area contributed by atoms with Gasteiger partial charge in [0.2, 0.25) is 5.95 Å². The molecule has 4 nitrogen and oxygen atoms in total. The summed E-state index contributed by atoms with van der Waals surface area (Å²) in [6.07, 6.45) is 3.20. The van der Waals surface area contributed by atoms with Crippen molar-refractivity contribution in [3.8, 4) is 0 Å². The molecule has 0 spiro atoms. The third kappa shape index (κ3) is 4.33. The van der Waals surface area contributed by atoms with E-state index in [4.69, 9.17) is 11.6 Å². The lowest BCUT2D eigenvalue weighted by molar-refractivity contribution is 0.343. The summed E-state index contributed by atoms with van der Waals surface area (Å²) in [5, 5.41) is 3.87. The minimum atomic E-state index is 0.330. The fourth-order valence-electron chi connectivity index (χ4n) is 1.37. The molecule has 0 aliphatic heterocycles. The first-order valence-corrected chi connectivity index (χ1v) is 5.75. The SMILES string of the molecule is CC(C)C(CN(C)C)Nc1ncc(Cl)cn1. The van der Waals surface area contributed by atoms with E-state index in [1.807, 2.05) is 0 Å². The van der Waals surface area contributed by atoms with Crippen molar-refractivity contribution in [3.05, 3.63) is 17.4 Å². The molecule has 1 rings (SSSR count). The van der Waals surface area contributed by atoms with Crippen LogP contribution in [0.5, 0.6) is 0 Å². The van der Waals surface area contributed by atoms with Gasteiger partial charge in [0.15, 0.2) is 0 Å². The molecule has 16 heavy (non-hydrogen) atoms. The Balaban J connectivity index is 2.64. The molecule has 0 saturated heterocycles. The van der Waals surface area contributed by atoms with Crippen molar-refractivity contribution in [2.75, 3.05) is 26.0 Å². The molecule has 0 aromatic carbocycles. The molecule has 0 aliphatic carbocycles. The fraction of sp³-hybridized carbons (Fsp3) is 0.636. The van der Waals surface area contributed by atoms with E-state index in [0.29, 0.717) is 22.9 Å². The maximum atomic E-state index is 5.73. The highest BCUT2D eigenvalue weighted by Crippen LogP contribution is 2.11. The van der Waals surface area contributed by atoms with Crippen LogP contribution in [0.1, 0.15) is 13.8 Å². The van der Waals surface area contributed by atoms with Crippen LogP contribution in [0.25, 0.3) is 0 Å². The molecule has 1 aromatic rings. The number of halogens is 1. The summed E-state index contributed by atoms with van der Waals surface area (Å²) in [7, 11) is 4.11. The van der Waals surface area contributed by atoms with Crippen LogP contribution in [0.15, 0.2) is 12.4 Å². The van der Waals surface area contributed by atoms with Crippen molar-refractivity contribution in [2.45, 2.75) is 19.9 Å². The van der Waals surface area contributed by atoms with Gasteiger partial charge in [-0.3, -0.25) is 0 Å². The van der Waals surface area contributed by atoms with E-state index in [1.54, 1.807) is 12.4 Å². The summed E-state index contributed by atoms with van der Waals surface area (Å²) in [5.41, 5.74) is 0. The van der Waals surface area contributed by atoms with Gasteiger partial charge in [0.1, 0.15) is 0 Å². The van der Waals surface area contributed by atoms with Gasteiger partial charge >= 0.3 is 0 Å². The Morgan fingerprint density at radius 1 is 1.31 bits per heavy atom. The third-order valence-electron chi connectivity index (χ3n) is 2.30. The molecule has 1 atom stereocenters. The molecule has 0 aliphatic rings. The number of anilines is 1. The lowest BCUT2D eigenvalue weighted by Crippen LogP contribution is -2.36. The Labute approximate surface area is 102 Å². The molecule has 1 aromatic heterocycles. The van der Waals surface area contributed by atoms with Crippen LogP contribution in [0.3, 0.4) is 0 Å². The average Bonchev–Trinajstić information content (AvgIpc) is 2.19. The Hall–Kier alpha value is -0.870. The first-order valence-electron chi connectivity index (χ1n) is 5.38. The molecule has 1 unspecified atom stereocenters. The zero-order valence-electron chi connectivity index (χ0n) is 10.2. The number of aromatic nitrogens is 2. The summed E-state index contributed by atoms with van der Waals surface area (Å²) in [5.74, 6) is 1.15. The molecule has 90 valence electrons. The normalized spacial score (nSPS) is 13.2. The van der Waals surface area contributed by atoms with Crippen LogP contribution in [-0.2, 0) is 0 Å². The zero-order chi connectivity index (χ0) is 12.1. The molecule has 0 fully saturated rings. The van der Waals surface area contributed by atoms with Crippen molar-refractivity contribution < 1.29 is 0 Å². The monoisotopic (exact) mass is 242 g/mol. The molecular formula is C11H19ClN4. The van der Waals surface area contributed by atoms with E-state index >= 15 is 0 Å². The van der Waals surface area contributed by atoms with E-state index in [1.165, 1.54) is 0 Å². The Kier molecular flexibility index (Phi) is 4.96. The number of likely N-dealkylation sites (N-methyl/N-ethyl adjacent to an activating group) is 1. The predicted molar refractivity (Wildman–Crippen MR) is 67.8 cm³/mol. The maximum Gasteiger partial charge on any atom is 0.222 e. The number of hydrogen-bond donors (Lipinski definition) is 1. The first-order chi connectivity index (χ1) is 7.49. The van der Waals surface area contributed by atoms with Crippen molar-refractivity contribution >= 4 is 17.5 Å². The van der Waals surface area contributed by atoms with Crippen LogP contribution in [0.4, 0.5) is 5.95 Å². The van der Waals surface area contributed by atoms with Gasteiger partial charge < -0.3 is 10.2 Å². The van der Waals surface area contributed by atoms with Gasteiger partial charge in [-0.2, -0.15) is 0 Å². The number of nitrogens with zero attached hydrogens (tertiary/aromatic N) is 3. The standard InChI is InChI=1S/C11H19ClN4/c1-8(2)10(7-16(3)4)15-11-13-5-9(12)6-14-11/h5-6,8,10H,7H2,1-4H3,(H,13,14,15). The molecule has 1 heterocycles. The zero-order valence-corrected chi connectivity index (χ0v) is 11.0. The Bertz CT molecular complexity index is 310. The summed E-state index contributed by atoms with van der Waals surface area (Å²) >= 11 is 5.73. The molecule has 0 amide bonds. The van der Waals surface area contributed by atoms with Crippen LogP contribution >= 0.6 is 11.6 Å². The molecule has 1 N–H and O–H groups in total. The van der Waals surface area contributed by atoms with E-state index in [2.05, 4.69) is 48.1 Å². The Morgan fingerprint density at radius 2 is 1.88 bits per heavy atom. The van der Waals surface area contributed by atoms with Crippen LogP contribution < -0.4 is 5.32 Å². The lowest BCUT2D eigenvalue weighted by atomic mass is 10.0. The number of nitrogens with one attached hydrogen (secondary N) is 1. The van der Waals surface area contributed by atoms with Gasteiger partial charge in [0, 0.05) is 12.6 Å². The molecule has 5 heteroatoms. The highest BCUT2D eigenvalue weighted by molar-refractivity contribution is 6.30. The van der Waals surface area contributed by atoms with Crippen molar-refractivity contribution in [3.63, 3.8) is 0 Å². The largest absolute Gasteiger partial charge is 0.350 e. The van der Waals surface area contributed by atoms with Crippen molar-refractivity contribution in [2.24, 2.45) is 5.92 Å². The van der Waals surface area contributed by atoms with E-state index < -0.39 is 0 Å². The third-order valence-corrected chi connectivity index (χ3v) is 2.50. The highest BCUT2D eigenvalue weighted by Gasteiger charge is 2.14. The number of rotatable bonds is 5. The van der Waals surface area contributed by atoms with Gasteiger partial charge in [-0.15, -0.1) is 0 Å². The van der Waals surface area contributed by atoms with Gasteiger partial charge in [0.05, 0.1) is 17.4 Å². The van der Waals surface area contributed by atoms with Crippen molar-refractivity contribution in [1.82, 2.24) is 14.9 Å². The quantitative estimate of drug-likeness (QED) is 0.859. The summed E-state index contributed by atoms with van der Waals surface area (Å²) < 4.78 is 0. The smallest absolute Gasteiger partial charge is 0.222 e. The second-order valence-electron chi connectivity index (χ2n) is 4.48. The van der Waals surface area contributed by atoms with Gasteiger partial charge in [0.25, 0.3) is 0 Å². The average molecular weight is 243 g/mol. The fourth-order valence-corrected chi connectivity index (χ4v) is 1.47. The highest BCUT2D eigenvalue weighted by atomic mass is 35.5. The molecule has 0 bridgehead atoms. The van der Waals surface area contributed by atoms with Crippen LogP contribution in [-0.4, -0.2) is 41.5 Å². The van der Waals surface area contributed by atoms with Gasteiger partial charge in [-0.05, 0) is 20.0 Å². The van der Waals surface area contributed by atoms with Gasteiger partial charge in [-0.1, -0.05) is 25.4 Å². The second-order valence-corrected chi connectivity index (χ2v) is 4.92. The molecule has 0 saturated carbocycles. The van der Waals surface area contributed by atoms with Crippen molar-refractivity contribution in [1.29, 1.82) is 0 Å². The summed E-state index contributed by atoms with van der Waals surface area (Å²) in [6.45, 7) is 5.30. The van der Waals surface area contributed by atoms with Gasteiger partial charge in [-0.25, -0.2) is 9.97 Å². The molecular weight excluding hydrogens is 224 g/mol. The second kappa shape index (κ2) is 6.01. The summed E-state index contributed by atoms with van der Waals surface area (Å²) in [4.78, 5) is 10.4. The van der Waals surface area contributed by atoms with E-state index in [-0.39, 0.29) is 0 Å². The predicted octanol–water partition coefficient (Wildman–Crippen LogP) is 2.13. The first kappa shape index (κ1) is 13.2. The lowest BCUT2D eigenvalue weighted by Gasteiger charge is -2.25. The molecule has 0 radical (unpaired) electrons. The minimum Gasteiger partial charge on any atom is -0.350 e.